The summed E-state index contributed by atoms with van der Waals surface area (Å²) < 4.78 is 85.1. The van der Waals surface area contributed by atoms with Crippen molar-refractivity contribution in [1.82, 2.24) is 4.90 Å². The molecule has 0 N–H and O–H groups in total. The molecule has 0 saturated heterocycles. The lowest BCUT2D eigenvalue weighted by atomic mass is 9.53. The molecule has 0 aromatic heterocycles. The van der Waals surface area contributed by atoms with Crippen molar-refractivity contribution in [1.29, 1.82) is 0 Å². The van der Waals surface area contributed by atoms with E-state index in [1.807, 2.05) is 33.8 Å². The van der Waals surface area contributed by atoms with Crippen LogP contribution in [-0.4, -0.2) is 37.0 Å². The van der Waals surface area contributed by atoms with Gasteiger partial charge in [-0.25, -0.2) is 0 Å². The lowest BCUT2D eigenvalue weighted by Crippen LogP contribution is -2.54. The molecule has 0 spiro atoms. The van der Waals surface area contributed by atoms with Crippen LogP contribution in [0.15, 0.2) is 24.3 Å². The number of carbonyl (C=O) groups excluding carboxylic acids is 2. The topological polar surface area (TPSA) is 46.6 Å². The number of ether oxygens (including phenoxy) is 1. The monoisotopic (exact) mass is 693 g/mol. The van der Waals surface area contributed by atoms with Crippen LogP contribution in [0, 0.1) is 11.3 Å². The maximum absolute atomic E-state index is 14.3. The SMILES string of the molecule is COC(=O)[C@]1(C)CCC[C@]2(C)c3cc(Cl)c(C(C)C)c(Cl)c3C(=O)N(CCCCCc3cc(C(F)(F)F)cc(C(F)(F)F)c3)CC12. The highest BCUT2D eigenvalue weighted by molar-refractivity contribution is 6.38. The summed E-state index contributed by atoms with van der Waals surface area (Å²) in [5.41, 5.74) is -2.56. The molecule has 1 saturated carbocycles. The molecule has 1 aliphatic carbocycles. The zero-order chi connectivity index (χ0) is 34.4. The van der Waals surface area contributed by atoms with Gasteiger partial charge in [-0.15, -0.1) is 0 Å². The Morgan fingerprint density at radius 3 is 2.13 bits per heavy atom. The first kappa shape index (κ1) is 36.4. The third-order valence-electron chi connectivity index (χ3n) is 9.97. The lowest BCUT2D eigenvalue weighted by Gasteiger charge is -2.51. The summed E-state index contributed by atoms with van der Waals surface area (Å²) in [6.07, 6.45) is -6.64. The van der Waals surface area contributed by atoms with E-state index >= 15 is 0 Å². The summed E-state index contributed by atoms with van der Waals surface area (Å²) in [7, 11) is 1.35. The van der Waals surface area contributed by atoms with Crippen LogP contribution in [0.25, 0.3) is 0 Å². The molecule has 2 aromatic rings. The number of fused-ring (bicyclic) bond motifs is 3. The number of halogens is 8. The normalized spacial score (nSPS) is 23.7. The van der Waals surface area contributed by atoms with Gasteiger partial charge in [0.2, 0.25) is 0 Å². The second-order valence-electron chi connectivity index (χ2n) is 13.4. The minimum Gasteiger partial charge on any atom is -0.469 e. The van der Waals surface area contributed by atoms with Crippen LogP contribution < -0.4 is 0 Å². The van der Waals surface area contributed by atoms with E-state index in [2.05, 4.69) is 0 Å². The standard InChI is InChI=1S/C34H39Cl2F6NO3/c1-19(2)26-24(35)17-23-27(28(26)36)29(44)43(18-25-31(23,3)11-9-12-32(25,4)30(45)46-5)13-8-6-7-10-20-14-21(33(37,38)39)16-22(15-20)34(40,41)42/h14-17,19,25H,6-13,18H2,1-5H3/t25?,31-,32-/m1/s1. The van der Waals surface area contributed by atoms with Crippen molar-refractivity contribution in [2.75, 3.05) is 20.2 Å². The first-order valence-corrected chi connectivity index (χ1v) is 16.2. The second kappa shape index (κ2) is 13.2. The molecular weight excluding hydrogens is 655 g/mol. The Kier molecular flexibility index (Phi) is 10.4. The Balaban J connectivity index is 1.62. The predicted octanol–water partition coefficient (Wildman–Crippen LogP) is 10.3. The molecule has 1 amide bonds. The maximum Gasteiger partial charge on any atom is 0.416 e. The van der Waals surface area contributed by atoms with E-state index in [1.165, 1.54) is 7.11 Å². The number of alkyl halides is 6. The van der Waals surface area contributed by atoms with E-state index in [9.17, 15) is 35.9 Å². The Morgan fingerprint density at radius 1 is 0.978 bits per heavy atom. The molecule has 254 valence electrons. The predicted molar refractivity (Wildman–Crippen MR) is 165 cm³/mol. The van der Waals surface area contributed by atoms with Gasteiger partial charge in [-0.05, 0) is 91.3 Å². The first-order chi connectivity index (χ1) is 21.3. The Labute approximate surface area is 275 Å². The number of unbranched alkanes of at least 4 members (excludes halogenated alkanes) is 2. The smallest absolute Gasteiger partial charge is 0.416 e. The van der Waals surface area contributed by atoms with Crippen molar-refractivity contribution in [3.63, 3.8) is 0 Å². The average molecular weight is 695 g/mol. The highest BCUT2D eigenvalue weighted by Crippen LogP contribution is 2.57. The second-order valence-corrected chi connectivity index (χ2v) is 14.2. The fourth-order valence-electron chi connectivity index (χ4n) is 7.53. The quantitative estimate of drug-likeness (QED) is 0.157. The van der Waals surface area contributed by atoms with Crippen LogP contribution >= 0.6 is 23.2 Å². The molecule has 46 heavy (non-hydrogen) atoms. The molecule has 1 unspecified atom stereocenters. The largest absolute Gasteiger partial charge is 0.469 e. The van der Waals surface area contributed by atoms with Crippen molar-refractivity contribution in [3.8, 4) is 0 Å². The number of nitrogens with zero attached hydrogens (tertiary/aromatic N) is 1. The molecule has 2 aliphatic rings. The van der Waals surface area contributed by atoms with Gasteiger partial charge < -0.3 is 9.64 Å². The van der Waals surface area contributed by atoms with Crippen molar-refractivity contribution >= 4 is 35.1 Å². The summed E-state index contributed by atoms with van der Waals surface area (Å²) in [6, 6.07) is 3.44. The highest BCUT2D eigenvalue weighted by atomic mass is 35.5. The molecule has 4 nitrogen and oxygen atoms in total. The Morgan fingerprint density at radius 2 is 1.59 bits per heavy atom. The maximum atomic E-state index is 14.3. The number of carbonyl (C=O) groups is 2. The molecule has 1 heterocycles. The highest BCUT2D eigenvalue weighted by Gasteiger charge is 2.57. The van der Waals surface area contributed by atoms with Gasteiger partial charge in [0, 0.05) is 24.0 Å². The fraction of sp³-hybridized carbons (Fsp3) is 0.588. The number of methoxy groups -OCH3 is 1. The van der Waals surface area contributed by atoms with Crippen molar-refractivity contribution in [2.45, 2.75) is 96.3 Å². The Hall–Kier alpha value is -2.46. The number of hydrogen-bond donors (Lipinski definition) is 0. The van der Waals surface area contributed by atoms with Crippen LogP contribution in [0.4, 0.5) is 26.3 Å². The molecule has 3 atom stereocenters. The van der Waals surface area contributed by atoms with Crippen LogP contribution in [0.5, 0.6) is 0 Å². The third kappa shape index (κ3) is 6.89. The molecule has 1 aliphatic heterocycles. The fourth-order valence-corrected chi connectivity index (χ4v) is 8.50. The van der Waals surface area contributed by atoms with Crippen molar-refractivity contribution < 1.29 is 40.7 Å². The van der Waals surface area contributed by atoms with Crippen molar-refractivity contribution in [3.05, 3.63) is 67.7 Å². The Bertz CT molecular complexity index is 1460. The van der Waals surface area contributed by atoms with Crippen LogP contribution in [0.2, 0.25) is 10.0 Å². The summed E-state index contributed by atoms with van der Waals surface area (Å²) in [4.78, 5) is 29.2. The van der Waals surface area contributed by atoms with Gasteiger partial charge in [0.05, 0.1) is 34.2 Å². The molecule has 12 heteroatoms. The molecule has 0 radical (unpaired) electrons. The summed E-state index contributed by atoms with van der Waals surface area (Å²) in [5.74, 6) is -1.07. The van der Waals surface area contributed by atoms with Gasteiger partial charge in [0.25, 0.3) is 5.91 Å². The van der Waals surface area contributed by atoms with Gasteiger partial charge >= 0.3 is 18.3 Å². The van der Waals surface area contributed by atoms with Crippen LogP contribution in [0.3, 0.4) is 0 Å². The zero-order valence-electron chi connectivity index (χ0n) is 26.5. The number of esters is 1. The minimum atomic E-state index is -4.91. The van der Waals surface area contributed by atoms with E-state index in [1.54, 1.807) is 4.90 Å². The average Bonchev–Trinajstić information content (AvgIpc) is 3.04. The summed E-state index contributed by atoms with van der Waals surface area (Å²) in [6.45, 7) is 8.27. The molecule has 4 rings (SSSR count). The minimum absolute atomic E-state index is 0.00691. The van der Waals surface area contributed by atoms with E-state index in [-0.39, 0.29) is 59.9 Å². The molecule has 0 bridgehead atoms. The summed E-state index contributed by atoms with van der Waals surface area (Å²) >= 11 is 13.7. The van der Waals surface area contributed by atoms with Gasteiger partial charge in [-0.1, -0.05) is 56.8 Å². The number of aryl methyl sites for hydroxylation is 1. The van der Waals surface area contributed by atoms with Gasteiger partial charge in [-0.2, -0.15) is 26.3 Å². The van der Waals surface area contributed by atoms with Gasteiger partial charge in [0.15, 0.2) is 0 Å². The van der Waals surface area contributed by atoms with E-state index in [0.29, 0.717) is 53.8 Å². The number of hydrogen-bond acceptors (Lipinski definition) is 3. The lowest BCUT2D eigenvalue weighted by molar-refractivity contribution is -0.161. The number of rotatable bonds is 8. The zero-order valence-corrected chi connectivity index (χ0v) is 28.0. The number of benzene rings is 2. The van der Waals surface area contributed by atoms with E-state index in [0.717, 1.165) is 18.6 Å². The van der Waals surface area contributed by atoms with E-state index < -0.39 is 34.3 Å². The van der Waals surface area contributed by atoms with Crippen LogP contribution in [-0.2, 0) is 33.7 Å². The van der Waals surface area contributed by atoms with E-state index in [4.69, 9.17) is 27.9 Å². The van der Waals surface area contributed by atoms with Crippen LogP contribution in [0.1, 0.15) is 110 Å². The van der Waals surface area contributed by atoms with Crippen molar-refractivity contribution in [2.24, 2.45) is 11.3 Å². The molecule has 2 aromatic carbocycles. The van der Waals surface area contributed by atoms with Gasteiger partial charge in [0.1, 0.15) is 0 Å². The first-order valence-electron chi connectivity index (χ1n) is 15.4. The van der Waals surface area contributed by atoms with Gasteiger partial charge in [-0.3, -0.25) is 9.59 Å². The number of amides is 1. The summed E-state index contributed by atoms with van der Waals surface area (Å²) in [5, 5.41) is 0.735. The molecular formula is C34H39Cl2F6NO3. The third-order valence-corrected chi connectivity index (χ3v) is 10.7. The molecule has 1 fully saturated rings.